The summed E-state index contributed by atoms with van der Waals surface area (Å²) < 4.78 is 10.7. The Morgan fingerprint density at radius 1 is 1.12 bits per heavy atom. The van der Waals surface area contributed by atoms with Crippen LogP contribution in [0.5, 0.6) is 5.75 Å². The van der Waals surface area contributed by atoms with Crippen LogP contribution in [-0.4, -0.2) is 13.1 Å². The zero-order valence-corrected chi connectivity index (χ0v) is 14.1. The Labute approximate surface area is 142 Å². The summed E-state index contributed by atoms with van der Waals surface area (Å²) in [5.74, 6) is 1.06. The van der Waals surface area contributed by atoms with Crippen molar-refractivity contribution in [3.8, 4) is 5.75 Å². The summed E-state index contributed by atoms with van der Waals surface area (Å²) in [5, 5.41) is 0. The molecule has 1 aliphatic heterocycles. The largest absolute Gasteiger partial charge is 0.496 e. The molecule has 0 aliphatic carbocycles. The third kappa shape index (κ3) is 3.25. The first-order chi connectivity index (χ1) is 11.6. The summed E-state index contributed by atoms with van der Waals surface area (Å²) in [6.07, 6.45) is 4.59. The van der Waals surface area contributed by atoms with E-state index in [2.05, 4.69) is 19.1 Å². The Bertz CT molecular complexity index is 827. The molecule has 3 nitrogen and oxygen atoms in total. The van der Waals surface area contributed by atoms with E-state index in [4.69, 9.17) is 9.47 Å². The van der Waals surface area contributed by atoms with Crippen molar-refractivity contribution in [2.24, 2.45) is 0 Å². The number of hydrogen-bond acceptors (Lipinski definition) is 3. The minimum Gasteiger partial charge on any atom is -0.496 e. The number of rotatable bonds is 4. The first kappa shape index (κ1) is 16.1. The van der Waals surface area contributed by atoms with Gasteiger partial charge in [0, 0.05) is 5.56 Å². The lowest BCUT2D eigenvalue weighted by Crippen LogP contribution is -1.97. The van der Waals surface area contributed by atoms with E-state index in [9.17, 15) is 4.79 Å². The van der Waals surface area contributed by atoms with Crippen molar-refractivity contribution in [3.63, 3.8) is 0 Å². The molecule has 0 fully saturated rings. The molecule has 3 rings (SSSR count). The quantitative estimate of drug-likeness (QED) is 0.612. The first-order valence-corrected chi connectivity index (χ1v) is 8.00. The zero-order valence-electron chi connectivity index (χ0n) is 14.1. The molecule has 3 heteroatoms. The monoisotopic (exact) mass is 320 g/mol. The fourth-order valence-electron chi connectivity index (χ4n) is 2.64. The standard InChI is InChI=1S/C21H20O3/c1-4-15-7-9-17(10-8-15)20-13-18(21(22)24-20)11-16-6-5-14(2)19(12-16)23-3/h5-13H,4H2,1-3H3/b18-11+. The third-order valence-corrected chi connectivity index (χ3v) is 4.13. The maximum Gasteiger partial charge on any atom is 0.343 e. The van der Waals surface area contributed by atoms with E-state index in [0.29, 0.717) is 11.3 Å². The van der Waals surface area contributed by atoms with Crippen molar-refractivity contribution in [3.05, 3.63) is 76.4 Å². The third-order valence-electron chi connectivity index (χ3n) is 4.13. The van der Waals surface area contributed by atoms with Crippen LogP contribution in [0.15, 0.2) is 54.1 Å². The van der Waals surface area contributed by atoms with Crippen molar-refractivity contribution >= 4 is 17.8 Å². The number of ether oxygens (including phenoxy) is 2. The van der Waals surface area contributed by atoms with Gasteiger partial charge in [0.05, 0.1) is 12.7 Å². The summed E-state index contributed by atoms with van der Waals surface area (Å²) in [5.41, 5.74) is 4.66. The van der Waals surface area contributed by atoms with Gasteiger partial charge in [0.2, 0.25) is 0 Å². The molecule has 0 N–H and O–H groups in total. The van der Waals surface area contributed by atoms with E-state index in [1.807, 2.05) is 43.3 Å². The first-order valence-electron chi connectivity index (χ1n) is 8.00. The van der Waals surface area contributed by atoms with E-state index < -0.39 is 0 Å². The molecule has 2 aromatic rings. The molecule has 122 valence electrons. The van der Waals surface area contributed by atoms with E-state index in [1.165, 1.54) is 5.56 Å². The van der Waals surface area contributed by atoms with Crippen molar-refractivity contribution in [1.29, 1.82) is 0 Å². The molecule has 0 amide bonds. The minimum atomic E-state index is -0.330. The molecule has 1 aliphatic rings. The molecule has 24 heavy (non-hydrogen) atoms. The molecule has 0 saturated heterocycles. The number of methoxy groups -OCH3 is 1. The van der Waals surface area contributed by atoms with Crippen molar-refractivity contribution in [1.82, 2.24) is 0 Å². The number of hydrogen-bond donors (Lipinski definition) is 0. The lowest BCUT2D eigenvalue weighted by Gasteiger charge is -2.05. The number of benzene rings is 2. The molecule has 2 aromatic carbocycles. The minimum absolute atomic E-state index is 0.330. The van der Waals surface area contributed by atoms with Crippen LogP contribution in [0.1, 0.15) is 29.2 Å². The van der Waals surface area contributed by atoms with Crippen molar-refractivity contribution < 1.29 is 14.3 Å². The van der Waals surface area contributed by atoms with Gasteiger partial charge in [0.25, 0.3) is 0 Å². The van der Waals surface area contributed by atoms with E-state index in [-0.39, 0.29) is 5.97 Å². The van der Waals surface area contributed by atoms with E-state index in [1.54, 1.807) is 13.2 Å². The van der Waals surface area contributed by atoms with Gasteiger partial charge in [-0.3, -0.25) is 0 Å². The lowest BCUT2D eigenvalue weighted by molar-refractivity contribution is -0.130. The molecule has 1 heterocycles. The second kappa shape index (κ2) is 6.75. The maximum atomic E-state index is 12.1. The molecule has 0 spiro atoms. The van der Waals surface area contributed by atoms with Crippen LogP contribution in [-0.2, 0) is 16.0 Å². The highest BCUT2D eigenvalue weighted by Gasteiger charge is 2.22. The topological polar surface area (TPSA) is 35.5 Å². The number of cyclic esters (lactones) is 1. The highest BCUT2D eigenvalue weighted by atomic mass is 16.5. The fourth-order valence-corrected chi connectivity index (χ4v) is 2.64. The molecular weight excluding hydrogens is 300 g/mol. The second-order valence-corrected chi connectivity index (χ2v) is 5.78. The van der Waals surface area contributed by atoms with Crippen LogP contribution in [0.3, 0.4) is 0 Å². The lowest BCUT2D eigenvalue weighted by atomic mass is 10.1. The fraction of sp³-hybridized carbons (Fsp3) is 0.190. The average molecular weight is 320 g/mol. The van der Waals surface area contributed by atoms with Gasteiger partial charge < -0.3 is 9.47 Å². The normalized spacial score (nSPS) is 15.4. The van der Waals surface area contributed by atoms with Gasteiger partial charge in [0.15, 0.2) is 0 Å². The highest BCUT2D eigenvalue weighted by molar-refractivity contribution is 6.05. The molecule has 0 atom stereocenters. The predicted molar refractivity (Wildman–Crippen MR) is 95.6 cm³/mol. The van der Waals surface area contributed by atoms with Gasteiger partial charge in [-0.1, -0.05) is 43.3 Å². The van der Waals surface area contributed by atoms with E-state index in [0.717, 1.165) is 28.9 Å². The van der Waals surface area contributed by atoms with Crippen LogP contribution in [0.4, 0.5) is 0 Å². The SMILES string of the molecule is CCc1ccc(C2=C/C(=C\c3ccc(C)c(OC)c3)C(=O)O2)cc1. The predicted octanol–water partition coefficient (Wildman–Crippen LogP) is 4.55. The average Bonchev–Trinajstić information content (AvgIpc) is 2.97. The highest BCUT2D eigenvalue weighted by Crippen LogP contribution is 2.28. The Morgan fingerprint density at radius 3 is 2.54 bits per heavy atom. The summed E-state index contributed by atoms with van der Waals surface area (Å²) in [6.45, 7) is 4.10. The maximum absolute atomic E-state index is 12.1. The van der Waals surface area contributed by atoms with Crippen LogP contribution >= 0.6 is 0 Å². The molecule has 0 unspecified atom stereocenters. The molecule has 0 radical (unpaired) electrons. The molecule has 0 aromatic heterocycles. The summed E-state index contributed by atoms with van der Waals surface area (Å²) in [7, 11) is 1.64. The Balaban J connectivity index is 1.90. The Morgan fingerprint density at radius 2 is 1.88 bits per heavy atom. The molecule has 0 saturated carbocycles. The Hall–Kier alpha value is -2.81. The summed E-state index contributed by atoms with van der Waals surface area (Å²) in [4.78, 5) is 12.1. The van der Waals surface area contributed by atoms with Gasteiger partial charge in [-0.05, 0) is 48.3 Å². The molecule has 0 bridgehead atoms. The van der Waals surface area contributed by atoms with Gasteiger partial charge in [0.1, 0.15) is 11.5 Å². The zero-order chi connectivity index (χ0) is 17.1. The van der Waals surface area contributed by atoms with Gasteiger partial charge in [-0.2, -0.15) is 0 Å². The van der Waals surface area contributed by atoms with Crippen LogP contribution in [0.2, 0.25) is 0 Å². The Kier molecular flexibility index (Phi) is 4.52. The number of aryl methyl sites for hydroxylation is 2. The van der Waals surface area contributed by atoms with E-state index >= 15 is 0 Å². The van der Waals surface area contributed by atoms with Crippen LogP contribution in [0, 0.1) is 6.92 Å². The summed E-state index contributed by atoms with van der Waals surface area (Å²) >= 11 is 0. The van der Waals surface area contributed by atoms with Gasteiger partial charge in [-0.15, -0.1) is 0 Å². The number of carbonyl (C=O) groups excluding carboxylic acids is 1. The van der Waals surface area contributed by atoms with Gasteiger partial charge >= 0.3 is 5.97 Å². The second-order valence-electron chi connectivity index (χ2n) is 5.78. The van der Waals surface area contributed by atoms with Crippen LogP contribution in [0.25, 0.3) is 11.8 Å². The van der Waals surface area contributed by atoms with Gasteiger partial charge in [-0.25, -0.2) is 4.79 Å². The molecular formula is C21H20O3. The number of esters is 1. The van der Waals surface area contributed by atoms with Crippen LogP contribution < -0.4 is 4.74 Å². The number of carbonyl (C=O) groups is 1. The van der Waals surface area contributed by atoms with Crippen molar-refractivity contribution in [2.75, 3.05) is 7.11 Å². The van der Waals surface area contributed by atoms with Crippen molar-refractivity contribution in [2.45, 2.75) is 20.3 Å². The smallest absolute Gasteiger partial charge is 0.343 e. The summed E-state index contributed by atoms with van der Waals surface area (Å²) in [6, 6.07) is 13.9.